The Labute approximate surface area is 155 Å². The van der Waals surface area contributed by atoms with Crippen molar-refractivity contribution in [2.75, 3.05) is 0 Å². The number of allylic oxidation sites excluding steroid dienone is 2. The predicted molar refractivity (Wildman–Crippen MR) is 96.7 cm³/mol. The lowest BCUT2D eigenvalue weighted by Crippen LogP contribution is -2.55. The van der Waals surface area contributed by atoms with Gasteiger partial charge in [0.25, 0.3) is 0 Å². The summed E-state index contributed by atoms with van der Waals surface area (Å²) in [6.45, 7) is 2.47. The molecule has 0 amide bonds. The fourth-order valence-corrected chi connectivity index (χ4v) is 8.63. The maximum absolute atomic E-state index is 12.1. The van der Waals surface area contributed by atoms with Gasteiger partial charge in [0.05, 0.1) is 5.71 Å². The Morgan fingerprint density at radius 3 is 2.77 bits per heavy atom. The van der Waals surface area contributed by atoms with Crippen molar-refractivity contribution >= 4 is 11.7 Å². The topological polar surface area (TPSA) is 58.9 Å². The monoisotopic (exact) mass is 355 g/mol. The molecular weight excluding hydrogens is 326 g/mol. The van der Waals surface area contributed by atoms with E-state index in [0.717, 1.165) is 48.6 Å². The second-order valence-electron chi connectivity index (χ2n) is 10.2. The Bertz CT molecular complexity index is 742. The maximum Gasteiger partial charge on any atom is 0.306 e. The summed E-state index contributed by atoms with van der Waals surface area (Å²) in [6, 6.07) is 0. The Morgan fingerprint density at radius 2 is 2.00 bits per heavy atom. The molecule has 0 bridgehead atoms. The minimum absolute atomic E-state index is 0.0524. The van der Waals surface area contributed by atoms with Crippen molar-refractivity contribution in [3.8, 4) is 0 Å². The molecule has 26 heavy (non-hydrogen) atoms. The summed E-state index contributed by atoms with van der Waals surface area (Å²) >= 11 is 0. The number of hydrogen-bond donors (Lipinski definition) is 1. The van der Waals surface area contributed by atoms with Crippen molar-refractivity contribution < 1.29 is 14.7 Å². The van der Waals surface area contributed by atoms with E-state index in [1.54, 1.807) is 5.57 Å². The standard InChI is InChI=1S/C22H29NO3/c1-21-8-6-15-14-5-3-13(23-25)10-12(14)2-4-16(15)20(21)17-11-18(17)22(21)9-7-19(24)26-22/h10,14-18,20,25H,2-9,11H2,1H3/b23-13+/t14-,15?,16?,17?,18?,20?,21-,22-/m0/s1. The van der Waals surface area contributed by atoms with Crippen molar-refractivity contribution in [3.05, 3.63) is 11.6 Å². The van der Waals surface area contributed by atoms with Gasteiger partial charge in [0, 0.05) is 17.8 Å². The molecule has 0 aromatic heterocycles. The molecule has 0 aromatic carbocycles. The summed E-state index contributed by atoms with van der Waals surface area (Å²) in [5, 5.41) is 12.6. The van der Waals surface area contributed by atoms with Crippen molar-refractivity contribution in [2.45, 2.75) is 70.3 Å². The van der Waals surface area contributed by atoms with Crippen LogP contribution in [-0.2, 0) is 9.53 Å². The summed E-state index contributed by atoms with van der Waals surface area (Å²) in [4.78, 5) is 12.1. The molecule has 1 N–H and O–H groups in total. The van der Waals surface area contributed by atoms with E-state index in [4.69, 9.17) is 9.94 Å². The van der Waals surface area contributed by atoms with E-state index in [9.17, 15) is 4.79 Å². The predicted octanol–water partition coefficient (Wildman–Crippen LogP) is 4.32. The summed E-state index contributed by atoms with van der Waals surface area (Å²) in [5.41, 5.74) is 2.50. The lowest BCUT2D eigenvalue weighted by molar-refractivity contribution is -0.174. The fraction of sp³-hybridized carbons (Fsp3) is 0.818. The number of oxime groups is 1. The maximum atomic E-state index is 12.1. The summed E-state index contributed by atoms with van der Waals surface area (Å²) in [5.74, 6) is 4.56. The van der Waals surface area contributed by atoms with Crippen molar-refractivity contribution in [1.29, 1.82) is 0 Å². The van der Waals surface area contributed by atoms with Gasteiger partial charge >= 0.3 is 5.97 Å². The number of carbonyl (C=O) groups excluding carboxylic acids is 1. The molecule has 1 saturated heterocycles. The first kappa shape index (κ1) is 15.7. The molecule has 5 aliphatic carbocycles. The van der Waals surface area contributed by atoms with Gasteiger partial charge in [0.1, 0.15) is 5.60 Å². The lowest BCUT2D eigenvalue weighted by atomic mass is 9.49. The van der Waals surface area contributed by atoms with Gasteiger partial charge in [-0.15, -0.1) is 0 Å². The lowest BCUT2D eigenvalue weighted by Gasteiger charge is -2.57. The Kier molecular flexibility index (Phi) is 2.98. The zero-order chi connectivity index (χ0) is 17.7. The smallest absolute Gasteiger partial charge is 0.306 e. The number of nitrogens with zero attached hydrogens (tertiary/aromatic N) is 1. The van der Waals surface area contributed by atoms with Gasteiger partial charge in [-0.05, 0) is 87.0 Å². The SMILES string of the molecule is C[C@]12CCC3C(CCC4=C/C(=N/O)CC[C@@H]43)C1C1CC1[C@@]21CCC(=O)O1. The highest BCUT2D eigenvalue weighted by Crippen LogP contribution is 2.78. The van der Waals surface area contributed by atoms with Crippen LogP contribution >= 0.6 is 0 Å². The number of carbonyl (C=O) groups is 1. The van der Waals surface area contributed by atoms with E-state index in [0.29, 0.717) is 18.3 Å². The molecule has 1 heterocycles. The molecule has 6 rings (SSSR count). The third-order valence-electron chi connectivity index (χ3n) is 9.56. The third-order valence-corrected chi connectivity index (χ3v) is 9.56. The zero-order valence-electron chi connectivity index (χ0n) is 15.6. The van der Waals surface area contributed by atoms with Crippen LogP contribution in [0.3, 0.4) is 0 Å². The molecule has 0 aromatic rings. The highest BCUT2D eigenvalue weighted by atomic mass is 16.6. The fourth-order valence-electron chi connectivity index (χ4n) is 8.63. The third kappa shape index (κ3) is 1.72. The quantitative estimate of drug-likeness (QED) is 0.400. The van der Waals surface area contributed by atoms with Crippen LogP contribution in [0.5, 0.6) is 0 Å². The molecule has 8 atom stereocenters. The zero-order valence-corrected chi connectivity index (χ0v) is 15.6. The molecule has 6 aliphatic rings. The molecule has 4 nitrogen and oxygen atoms in total. The van der Waals surface area contributed by atoms with Crippen LogP contribution in [0.4, 0.5) is 0 Å². The Hall–Kier alpha value is -1.32. The first-order valence-electron chi connectivity index (χ1n) is 10.7. The summed E-state index contributed by atoms with van der Waals surface area (Å²) in [6.07, 6.45) is 12.1. The van der Waals surface area contributed by atoms with Crippen LogP contribution in [0, 0.1) is 40.9 Å². The number of esters is 1. The van der Waals surface area contributed by atoms with Gasteiger partial charge in [-0.3, -0.25) is 4.79 Å². The van der Waals surface area contributed by atoms with Gasteiger partial charge in [-0.1, -0.05) is 17.7 Å². The molecule has 4 saturated carbocycles. The summed E-state index contributed by atoms with van der Waals surface area (Å²) in [7, 11) is 0. The molecular formula is C22H29NO3. The minimum Gasteiger partial charge on any atom is -0.458 e. The highest BCUT2D eigenvalue weighted by Gasteiger charge is 2.78. The molecule has 4 heteroatoms. The highest BCUT2D eigenvalue weighted by molar-refractivity contribution is 5.96. The van der Waals surface area contributed by atoms with Gasteiger partial charge in [-0.25, -0.2) is 0 Å². The van der Waals surface area contributed by atoms with E-state index >= 15 is 0 Å². The average molecular weight is 355 g/mol. The first-order valence-corrected chi connectivity index (χ1v) is 10.7. The average Bonchev–Trinajstić information content (AvgIpc) is 3.29. The molecule has 5 unspecified atom stereocenters. The van der Waals surface area contributed by atoms with E-state index < -0.39 is 0 Å². The minimum atomic E-state index is -0.121. The summed E-state index contributed by atoms with van der Waals surface area (Å²) < 4.78 is 6.16. The first-order chi connectivity index (χ1) is 12.6. The molecule has 1 aliphatic heterocycles. The second kappa shape index (κ2) is 4.94. The van der Waals surface area contributed by atoms with Gasteiger partial charge in [-0.2, -0.15) is 0 Å². The normalized spacial score (nSPS) is 55.7. The van der Waals surface area contributed by atoms with Gasteiger partial charge < -0.3 is 9.94 Å². The van der Waals surface area contributed by atoms with Crippen molar-refractivity contribution in [1.82, 2.24) is 0 Å². The van der Waals surface area contributed by atoms with Crippen LogP contribution in [0.25, 0.3) is 0 Å². The number of fused-ring (bicyclic) bond motifs is 9. The van der Waals surface area contributed by atoms with Crippen LogP contribution in [0.2, 0.25) is 0 Å². The number of rotatable bonds is 0. The molecule has 1 spiro atoms. The van der Waals surface area contributed by atoms with E-state index in [1.807, 2.05) is 0 Å². The van der Waals surface area contributed by atoms with Crippen LogP contribution in [-0.4, -0.2) is 22.5 Å². The Morgan fingerprint density at radius 1 is 1.12 bits per heavy atom. The van der Waals surface area contributed by atoms with Crippen LogP contribution < -0.4 is 0 Å². The van der Waals surface area contributed by atoms with Crippen LogP contribution in [0.15, 0.2) is 16.8 Å². The van der Waals surface area contributed by atoms with Crippen LogP contribution in [0.1, 0.15) is 64.7 Å². The van der Waals surface area contributed by atoms with Gasteiger partial charge in [0.2, 0.25) is 0 Å². The van der Waals surface area contributed by atoms with E-state index in [1.165, 1.54) is 32.1 Å². The number of hydrogen-bond acceptors (Lipinski definition) is 4. The molecule has 5 fully saturated rings. The molecule has 140 valence electrons. The van der Waals surface area contributed by atoms with E-state index in [2.05, 4.69) is 18.2 Å². The Balaban J connectivity index is 1.35. The molecule has 0 radical (unpaired) electrons. The van der Waals surface area contributed by atoms with Gasteiger partial charge in [0.15, 0.2) is 0 Å². The van der Waals surface area contributed by atoms with E-state index in [-0.39, 0.29) is 17.0 Å². The second-order valence-corrected chi connectivity index (χ2v) is 10.2. The van der Waals surface area contributed by atoms with Crippen molar-refractivity contribution in [2.24, 2.45) is 46.1 Å². The van der Waals surface area contributed by atoms with Crippen molar-refractivity contribution in [3.63, 3.8) is 0 Å². The number of ether oxygens (including phenoxy) is 1. The largest absolute Gasteiger partial charge is 0.458 e.